The molecule has 0 fully saturated rings. The summed E-state index contributed by atoms with van der Waals surface area (Å²) in [6, 6.07) is 3.56. The molecule has 0 unspecified atom stereocenters. The zero-order chi connectivity index (χ0) is 12.7. The Hall–Kier alpha value is -1.62. The number of nitrogens with zero attached hydrogens (tertiary/aromatic N) is 2. The molecule has 0 aliphatic carbocycles. The van der Waals surface area contributed by atoms with Gasteiger partial charge in [-0.25, -0.2) is 4.98 Å². The van der Waals surface area contributed by atoms with Gasteiger partial charge in [0.25, 0.3) is 5.91 Å². The van der Waals surface area contributed by atoms with Crippen molar-refractivity contribution in [3.63, 3.8) is 0 Å². The highest BCUT2D eigenvalue weighted by Crippen LogP contribution is 2.06. The first kappa shape index (κ1) is 13.4. The van der Waals surface area contributed by atoms with E-state index in [1.54, 1.807) is 44.4 Å². The smallest absolute Gasteiger partial charge is 0.255 e. The zero-order valence-electron chi connectivity index (χ0n) is 10.6. The van der Waals surface area contributed by atoms with Crippen molar-refractivity contribution in [1.29, 1.82) is 0 Å². The van der Waals surface area contributed by atoms with Crippen molar-refractivity contribution in [2.75, 3.05) is 39.7 Å². The first-order chi connectivity index (χ1) is 8.19. The van der Waals surface area contributed by atoms with E-state index in [1.807, 2.05) is 0 Å². The van der Waals surface area contributed by atoms with Gasteiger partial charge in [0.1, 0.15) is 5.82 Å². The van der Waals surface area contributed by atoms with Gasteiger partial charge in [-0.1, -0.05) is 0 Å². The number of carbonyl (C=O) groups is 1. The fraction of sp³-hybridized carbons (Fsp3) is 0.500. The lowest BCUT2D eigenvalue weighted by atomic mass is 10.2. The normalized spacial score (nSPS) is 10.1. The van der Waals surface area contributed by atoms with Crippen LogP contribution in [0.5, 0.6) is 0 Å². The van der Waals surface area contributed by atoms with E-state index < -0.39 is 0 Å². The molecule has 5 nitrogen and oxygen atoms in total. The predicted molar refractivity (Wildman–Crippen MR) is 67.2 cm³/mol. The lowest BCUT2D eigenvalue weighted by Crippen LogP contribution is -2.28. The van der Waals surface area contributed by atoms with Crippen LogP contribution in [-0.2, 0) is 4.74 Å². The summed E-state index contributed by atoms with van der Waals surface area (Å²) in [7, 11) is 5.23. The summed E-state index contributed by atoms with van der Waals surface area (Å²) in [4.78, 5) is 17.8. The Labute approximate surface area is 102 Å². The highest BCUT2D eigenvalue weighted by Gasteiger charge is 2.11. The summed E-state index contributed by atoms with van der Waals surface area (Å²) in [6.07, 6.45) is 2.42. The van der Waals surface area contributed by atoms with Crippen molar-refractivity contribution < 1.29 is 9.53 Å². The second kappa shape index (κ2) is 6.85. The molecule has 94 valence electrons. The Balaban J connectivity index is 2.55. The number of pyridine rings is 1. The van der Waals surface area contributed by atoms with Crippen molar-refractivity contribution in [2.45, 2.75) is 6.42 Å². The fourth-order valence-electron chi connectivity index (χ4n) is 1.44. The van der Waals surface area contributed by atoms with Gasteiger partial charge in [0, 0.05) is 40.6 Å². The largest absolute Gasteiger partial charge is 0.385 e. The van der Waals surface area contributed by atoms with E-state index in [4.69, 9.17) is 4.74 Å². The van der Waals surface area contributed by atoms with Gasteiger partial charge in [-0.3, -0.25) is 4.79 Å². The molecule has 0 saturated carbocycles. The Kier molecular flexibility index (Phi) is 5.42. The van der Waals surface area contributed by atoms with Crippen LogP contribution >= 0.6 is 0 Å². The number of nitrogens with one attached hydrogen (secondary N) is 1. The summed E-state index contributed by atoms with van der Waals surface area (Å²) in [6.45, 7) is 1.34. The predicted octanol–water partition coefficient (Wildman–Crippen LogP) is 1.23. The monoisotopic (exact) mass is 237 g/mol. The molecule has 1 rings (SSSR count). The molecule has 1 heterocycles. The molecule has 5 heteroatoms. The number of amides is 1. The van der Waals surface area contributed by atoms with E-state index in [0.717, 1.165) is 12.2 Å². The molecule has 1 aromatic rings. The quantitative estimate of drug-likeness (QED) is 0.756. The van der Waals surface area contributed by atoms with E-state index in [9.17, 15) is 4.79 Å². The first-order valence-corrected chi connectivity index (χ1v) is 5.57. The molecule has 0 bridgehead atoms. The number of hydrogen-bond acceptors (Lipinski definition) is 4. The van der Waals surface area contributed by atoms with Crippen LogP contribution in [0.2, 0.25) is 0 Å². The van der Waals surface area contributed by atoms with Gasteiger partial charge in [0.2, 0.25) is 0 Å². The van der Waals surface area contributed by atoms with Gasteiger partial charge >= 0.3 is 0 Å². The minimum atomic E-state index is -0.0174. The van der Waals surface area contributed by atoms with Crippen LogP contribution in [-0.4, -0.2) is 50.1 Å². The molecule has 0 aliphatic heterocycles. The van der Waals surface area contributed by atoms with Crippen molar-refractivity contribution >= 4 is 11.7 Å². The van der Waals surface area contributed by atoms with Crippen molar-refractivity contribution in [3.8, 4) is 0 Å². The fourth-order valence-corrected chi connectivity index (χ4v) is 1.44. The molecule has 0 aromatic carbocycles. The van der Waals surface area contributed by atoms with Gasteiger partial charge in [-0.15, -0.1) is 0 Å². The average molecular weight is 237 g/mol. The molecular formula is C12H19N3O2. The molecule has 1 aromatic heterocycles. The van der Waals surface area contributed by atoms with E-state index >= 15 is 0 Å². The number of methoxy groups -OCH3 is 1. The third kappa shape index (κ3) is 4.03. The van der Waals surface area contributed by atoms with E-state index in [1.165, 1.54) is 0 Å². The lowest BCUT2D eigenvalue weighted by Gasteiger charge is -2.16. The number of ether oxygens (including phenoxy) is 1. The van der Waals surface area contributed by atoms with Crippen LogP contribution in [0.3, 0.4) is 0 Å². The second-order valence-electron chi connectivity index (χ2n) is 3.76. The highest BCUT2D eigenvalue weighted by atomic mass is 16.5. The molecule has 17 heavy (non-hydrogen) atoms. The first-order valence-electron chi connectivity index (χ1n) is 5.57. The Bertz CT molecular complexity index is 351. The van der Waals surface area contributed by atoms with E-state index in [2.05, 4.69) is 10.3 Å². The van der Waals surface area contributed by atoms with Crippen LogP contribution in [0.15, 0.2) is 18.3 Å². The number of carbonyl (C=O) groups excluding carboxylic acids is 1. The second-order valence-corrected chi connectivity index (χ2v) is 3.76. The Morgan fingerprint density at radius 1 is 1.53 bits per heavy atom. The summed E-state index contributed by atoms with van der Waals surface area (Å²) in [5.41, 5.74) is 0.601. The molecule has 1 amide bonds. The SMILES string of the molecule is CNc1ccc(C(=O)N(C)CCCOC)cn1. The zero-order valence-corrected chi connectivity index (χ0v) is 10.6. The minimum absolute atomic E-state index is 0.0174. The van der Waals surface area contributed by atoms with Gasteiger partial charge in [-0.2, -0.15) is 0 Å². The topological polar surface area (TPSA) is 54.5 Å². The molecular weight excluding hydrogens is 218 g/mol. The van der Waals surface area contributed by atoms with Gasteiger partial charge in [-0.05, 0) is 18.6 Å². The summed E-state index contributed by atoms with van der Waals surface area (Å²) < 4.78 is 4.95. The number of aromatic nitrogens is 1. The minimum Gasteiger partial charge on any atom is -0.385 e. The Morgan fingerprint density at radius 3 is 2.82 bits per heavy atom. The maximum atomic E-state index is 12.0. The standard InChI is InChI=1S/C12H19N3O2/c1-13-11-6-5-10(9-14-11)12(16)15(2)7-4-8-17-3/h5-6,9H,4,7-8H2,1-3H3,(H,13,14). The van der Waals surface area contributed by atoms with Gasteiger partial charge in [0.15, 0.2) is 0 Å². The van der Waals surface area contributed by atoms with Crippen molar-refractivity contribution in [2.24, 2.45) is 0 Å². The van der Waals surface area contributed by atoms with Gasteiger partial charge < -0.3 is 15.0 Å². The number of hydrogen-bond donors (Lipinski definition) is 1. The summed E-state index contributed by atoms with van der Waals surface area (Å²) in [5, 5.41) is 2.91. The van der Waals surface area contributed by atoms with Crippen LogP contribution < -0.4 is 5.32 Å². The number of rotatable bonds is 6. The average Bonchev–Trinajstić information content (AvgIpc) is 2.38. The molecule has 1 N–H and O–H groups in total. The third-order valence-electron chi connectivity index (χ3n) is 2.46. The van der Waals surface area contributed by atoms with Crippen LogP contribution in [0.1, 0.15) is 16.8 Å². The van der Waals surface area contributed by atoms with Crippen molar-refractivity contribution in [3.05, 3.63) is 23.9 Å². The maximum Gasteiger partial charge on any atom is 0.255 e. The summed E-state index contributed by atoms with van der Waals surface area (Å²) >= 11 is 0. The molecule has 0 radical (unpaired) electrons. The van der Waals surface area contributed by atoms with E-state index in [-0.39, 0.29) is 5.91 Å². The van der Waals surface area contributed by atoms with Crippen LogP contribution in [0.4, 0.5) is 5.82 Å². The maximum absolute atomic E-state index is 12.0. The number of anilines is 1. The molecule has 0 aliphatic rings. The molecule has 0 saturated heterocycles. The Morgan fingerprint density at radius 2 is 2.29 bits per heavy atom. The third-order valence-corrected chi connectivity index (χ3v) is 2.46. The molecule has 0 atom stereocenters. The molecule has 0 spiro atoms. The lowest BCUT2D eigenvalue weighted by molar-refractivity contribution is 0.0779. The van der Waals surface area contributed by atoms with Crippen LogP contribution in [0.25, 0.3) is 0 Å². The van der Waals surface area contributed by atoms with Crippen LogP contribution in [0, 0.1) is 0 Å². The van der Waals surface area contributed by atoms with Gasteiger partial charge in [0.05, 0.1) is 5.56 Å². The van der Waals surface area contributed by atoms with E-state index in [0.29, 0.717) is 18.7 Å². The highest BCUT2D eigenvalue weighted by molar-refractivity contribution is 5.93. The summed E-state index contributed by atoms with van der Waals surface area (Å²) in [5.74, 6) is 0.736. The van der Waals surface area contributed by atoms with Crippen molar-refractivity contribution in [1.82, 2.24) is 9.88 Å².